The average molecular weight is 351 g/mol. The Bertz CT molecular complexity index is 599. The van der Waals surface area contributed by atoms with Crippen LogP contribution in [0.3, 0.4) is 0 Å². The van der Waals surface area contributed by atoms with E-state index in [4.69, 9.17) is 14.2 Å². The topological polar surface area (TPSA) is 73.9 Å². The predicted molar refractivity (Wildman–Crippen MR) is 97.1 cm³/mol. The highest BCUT2D eigenvalue weighted by Crippen LogP contribution is 2.27. The third-order valence-corrected chi connectivity index (χ3v) is 3.69. The Morgan fingerprint density at radius 1 is 1.20 bits per heavy atom. The minimum absolute atomic E-state index is 0.247. The second-order valence-corrected chi connectivity index (χ2v) is 6.35. The van der Waals surface area contributed by atoms with Gasteiger partial charge in [0.1, 0.15) is 16.9 Å². The fourth-order valence-electron chi connectivity index (χ4n) is 2.73. The van der Waals surface area contributed by atoms with E-state index in [-0.39, 0.29) is 18.1 Å². The van der Waals surface area contributed by atoms with Crippen molar-refractivity contribution in [3.05, 3.63) is 23.8 Å². The van der Waals surface area contributed by atoms with Crippen molar-refractivity contribution < 1.29 is 23.8 Å². The quantitative estimate of drug-likeness (QED) is 0.688. The first-order valence-electron chi connectivity index (χ1n) is 8.57. The molecule has 0 aromatic heterocycles. The first-order chi connectivity index (χ1) is 11.8. The van der Waals surface area contributed by atoms with Gasteiger partial charge in [0.25, 0.3) is 5.91 Å². The lowest BCUT2D eigenvalue weighted by Crippen LogP contribution is -2.44. The molecule has 0 unspecified atom stereocenters. The molecule has 0 saturated carbocycles. The van der Waals surface area contributed by atoms with Gasteiger partial charge in [-0.25, -0.2) is 4.79 Å². The zero-order chi connectivity index (χ0) is 19.0. The molecule has 0 aliphatic rings. The normalized spacial score (nSPS) is 13.2. The maximum atomic E-state index is 12.7. The van der Waals surface area contributed by atoms with Crippen molar-refractivity contribution in [1.82, 2.24) is 0 Å². The van der Waals surface area contributed by atoms with Crippen molar-refractivity contribution in [2.45, 2.75) is 46.6 Å². The Kier molecular flexibility index (Phi) is 7.90. The lowest BCUT2D eigenvalue weighted by Gasteiger charge is -2.30. The monoisotopic (exact) mass is 351 g/mol. The van der Waals surface area contributed by atoms with Gasteiger partial charge in [-0.15, -0.1) is 0 Å². The van der Waals surface area contributed by atoms with Crippen LogP contribution in [0.15, 0.2) is 18.2 Å². The van der Waals surface area contributed by atoms with Crippen LogP contribution >= 0.6 is 0 Å². The number of benzene rings is 1. The molecule has 25 heavy (non-hydrogen) atoms. The number of esters is 1. The highest BCUT2D eigenvalue weighted by molar-refractivity contribution is 5.99. The molecule has 1 aromatic rings. The van der Waals surface area contributed by atoms with Crippen molar-refractivity contribution in [3.8, 4) is 5.75 Å². The molecule has 6 heteroatoms. The lowest BCUT2D eigenvalue weighted by atomic mass is 9.93. The van der Waals surface area contributed by atoms with Crippen LogP contribution in [-0.4, -0.2) is 37.8 Å². The molecule has 0 heterocycles. The molecule has 1 rings (SSSR count). The molecule has 1 amide bonds. The van der Waals surface area contributed by atoms with Crippen LogP contribution in [-0.2, 0) is 14.3 Å². The average Bonchev–Trinajstić information content (AvgIpc) is 2.54. The Morgan fingerprint density at radius 3 is 2.40 bits per heavy atom. The Morgan fingerprint density at radius 2 is 1.88 bits per heavy atom. The largest absolute Gasteiger partial charge is 0.496 e. The maximum absolute atomic E-state index is 12.7. The van der Waals surface area contributed by atoms with Crippen LogP contribution in [0.4, 0.5) is 5.69 Å². The first-order valence-corrected chi connectivity index (χ1v) is 8.57. The van der Waals surface area contributed by atoms with Crippen LogP contribution in [0.2, 0.25) is 0 Å². The van der Waals surface area contributed by atoms with E-state index in [2.05, 4.69) is 5.32 Å². The van der Waals surface area contributed by atoms with Crippen molar-refractivity contribution in [2.75, 3.05) is 25.6 Å². The molecule has 0 fully saturated rings. The summed E-state index contributed by atoms with van der Waals surface area (Å²) in [6.45, 7) is 10.1. The smallest absolute Gasteiger partial charge is 0.341 e. The predicted octanol–water partition coefficient (Wildman–Crippen LogP) is 3.65. The number of methoxy groups -OCH3 is 1. The van der Waals surface area contributed by atoms with Gasteiger partial charge >= 0.3 is 5.97 Å². The molecular weight excluding hydrogens is 322 g/mol. The van der Waals surface area contributed by atoms with E-state index in [1.54, 1.807) is 32.0 Å². The van der Waals surface area contributed by atoms with E-state index < -0.39 is 11.6 Å². The Balaban J connectivity index is 3.06. The maximum Gasteiger partial charge on any atom is 0.341 e. The van der Waals surface area contributed by atoms with E-state index in [1.165, 1.54) is 7.11 Å². The summed E-state index contributed by atoms with van der Waals surface area (Å²) in [6.07, 6.45) is 0.591. The summed E-state index contributed by atoms with van der Waals surface area (Å²) in [6, 6.07) is 4.86. The van der Waals surface area contributed by atoms with Gasteiger partial charge in [-0.1, -0.05) is 13.8 Å². The Labute approximate surface area is 149 Å². The minimum atomic E-state index is -0.938. The lowest BCUT2D eigenvalue weighted by molar-refractivity contribution is -0.140. The number of amides is 1. The van der Waals surface area contributed by atoms with Gasteiger partial charge in [0.2, 0.25) is 0 Å². The minimum Gasteiger partial charge on any atom is -0.496 e. The van der Waals surface area contributed by atoms with Gasteiger partial charge in [0.15, 0.2) is 0 Å². The molecule has 0 saturated heterocycles. The van der Waals surface area contributed by atoms with E-state index in [1.807, 2.05) is 20.8 Å². The summed E-state index contributed by atoms with van der Waals surface area (Å²) >= 11 is 0. The number of ether oxygens (including phenoxy) is 3. The standard InChI is InChI=1S/C19H29NO5/c1-7-24-17(21)15-11-14(9-10-16(15)23-6)20-18(22)19(5,25-8-2)12-13(3)4/h9-11,13H,7-8,12H2,1-6H3,(H,20,22)/t19-/m1/s1. The molecule has 1 N–H and O–H groups in total. The zero-order valence-electron chi connectivity index (χ0n) is 16.0. The first kappa shape index (κ1) is 21.0. The number of rotatable bonds is 9. The van der Waals surface area contributed by atoms with Crippen LogP contribution in [0.25, 0.3) is 0 Å². The fraction of sp³-hybridized carbons (Fsp3) is 0.579. The summed E-state index contributed by atoms with van der Waals surface area (Å²) < 4.78 is 15.9. The van der Waals surface area contributed by atoms with Crippen LogP contribution in [0, 0.1) is 5.92 Å². The molecule has 0 radical (unpaired) electrons. The number of nitrogens with one attached hydrogen (secondary N) is 1. The molecule has 0 aliphatic heterocycles. The van der Waals surface area contributed by atoms with Gasteiger partial charge < -0.3 is 19.5 Å². The number of hydrogen-bond donors (Lipinski definition) is 1. The van der Waals surface area contributed by atoms with Crippen LogP contribution < -0.4 is 10.1 Å². The van der Waals surface area contributed by atoms with Gasteiger partial charge in [-0.3, -0.25) is 4.79 Å². The van der Waals surface area contributed by atoms with E-state index in [0.717, 1.165) is 0 Å². The van der Waals surface area contributed by atoms with E-state index >= 15 is 0 Å². The third-order valence-electron chi connectivity index (χ3n) is 3.69. The molecule has 0 spiro atoms. The van der Waals surface area contributed by atoms with Crippen molar-refractivity contribution in [2.24, 2.45) is 5.92 Å². The zero-order valence-corrected chi connectivity index (χ0v) is 16.0. The highest BCUT2D eigenvalue weighted by atomic mass is 16.5. The van der Waals surface area contributed by atoms with E-state index in [9.17, 15) is 9.59 Å². The molecular formula is C19H29NO5. The van der Waals surface area contributed by atoms with Gasteiger partial charge in [0, 0.05) is 12.3 Å². The number of carbonyl (C=O) groups excluding carboxylic acids is 2. The number of anilines is 1. The second-order valence-electron chi connectivity index (χ2n) is 6.35. The van der Waals surface area contributed by atoms with Crippen molar-refractivity contribution in [3.63, 3.8) is 0 Å². The third kappa shape index (κ3) is 5.74. The van der Waals surface area contributed by atoms with Crippen molar-refractivity contribution >= 4 is 17.6 Å². The molecule has 1 aromatic carbocycles. The summed E-state index contributed by atoms with van der Waals surface area (Å²) in [5.74, 6) is -0.0484. The summed E-state index contributed by atoms with van der Waals surface area (Å²) in [7, 11) is 1.48. The van der Waals surface area contributed by atoms with E-state index in [0.29, 0.717) is 30.4 Å². The van der Waals surface area contributed by atoms with Crippen molar-refractivity contribution in [1.29, 1.82) is 0 Å². The Hall–Kier alpha value is -2.08. The highest BCUT2D eigenvalue weighted by Gasteiger charge is 2.34. The van der Waals surface area contributed by atoms with Crippen LogP contribution in [0.1, 0.15) is 51.4 Å². The summed E-state index contributed by atoms with van der Waals surface area (Å²) in [4.78, 5) is 24.8. The molecule has 0 bridgehead atoms. The summed E-state index contributed by atoms with van der Waals surface area (Å²) in [5.41, 5.74) is -0.180. The number of carbonyl (C=O) groups is 2. The van der Waals surface area contributed by atoms with Gasteiger partial charge in [-0.05, 0) is 51.3 Å². The van der Waals surface area contributed by atoms with Gasteiger partial charge in [0.05, 0.1) is 13.7 Å². The second kappa shape index (κ2) is 9.42. The fourth-order valence-corrected chi connectivity index (χ4v) is 2.73. The molecule has 140 valence electrons. The van der Waals surface area contributed by atoms with Gasteiger partial charge in [-0.2, -0.15) is 0 Å². The number of hydrogen-bond acceptors (Lipinski definition) is 5. The van der Waals surface area contributed by atoms with Crippen LogP contribution in [0.5, 0.6) is 5.75 Å². The molecule has 6 nitrogen and oxygen atoms in total. The summed E-state index contributed by atoms with van der Waals surface area (Å²) in [5, 5.41) is 2.83. The SMILES string of the molecule is CCOC(=O)c1cc(NC(=O)[C@@](C)(CC(C)C)OCC)ccc1OC. The molecule has 1 atom stereocenters. The molecule has 0 aliphatic carbocycles.